The quantitative estimate of drug-likeness (QED) is 0.661. The van der Waals surface area contributed by atoms with Gasteiger partial charge in [-0.3, -0.25) is 19.7 Å². The number of carbonyl (C=O) groups is 2. The van der Waals surface area contributed by atoms with Gasteiger partial charge in [-0.15, -0.1) is 11.3 Å². The summed E-state index contributed by atoms with van der Waals surface area (Å²) in [5.74, 6) is -0.484. The summed E-state index contributed by atoms with van der Waals surface area (Å²) in [7, 11) is 0. The number of thiophene rings is 1. The van der Waals surface area contributed by atoms with E-state index in [2.05, 4.69) is 5.32 Å². The SMILES string of the molecule is O=C1C[C@@H](c2cccc([N+](=O)[O-])c2)C2=C(C[C@H](c3cccs3)CC2=O)N1. The van der Waals surface area contributed by atoms with Crippen LogP contribution in [0.4, 0.5) is 5.69 Å². The summed E-state index contributed by atoms with van der Waals surface area (Å²) in [6, 6.07) is 10.2. The number of carbonyl (C=O) groups excluding carboxylic acids is 2. The van der Waals surface area contributed by atoms with Gasteiger partial charge in [-0.05, 0) is 23.4 Å². The highest BCUT2D eigenvalue weighted by Gasteiger charge is 2.38. The van der Waals surface area contributed by atoms with Gasteiger partial charge in [0.1, 0.15) is 0 Å². The van der Waals surface area contributed by atoms with E-state index in [0.29, 0.717) is 29.7 Å². The van der Waals surface area contributed by atoms with E-state index in [1.165, 1.54) is 12.1 Å². The van der Waals surface area contributed by atoms with Gasteiger partial charge >= 0.3 is 0 Å². The van der Waals surface area contributed by atoms with Crippen molar-refractivity contribution in [2.75, 3.05) is 0 Å². The summed E-state index contributed by atoms with van der Waals surface area (Å²) in [6.07, 6.45) is 1.15. The molecule has 0 bridgehead atoms. The van der Waals surface area contributed by atoms with Crippen molar-refractivity contribution in [3.05, 3.63) is 73.6 Å². The zero-order chi connectivity index (χ0) is 18.3. The largest absolute Gasteiger partial charge is 0.329 e. The third-order valence-electron chi connectivity index (χ3n) is 4.97. The molecule has 0 radical (unpaired) electrons. The lowest BCUT2D eigenvalue weighted by Crippen LogP contribution is -2.38. The molecule has 26 heavy (non-hydrogen) atoms. The number of rotatable bonds is 3. The number of nitro groups is 1. The molecule has 2 heterocycles. The molecule has 6 nitrogen and oxygen atoms in total. The fraction of sp³-hybridized carbons (Fsp3) is 0.263. The number of amides is 1. The zero-order valence-electron chi connectivity index (χ0n) is 13.8. The molecule has 1 amide bonds. The molecule has 0 saturated heterocycles. The summed E-state index contributed by atoms with van der Waals surface area (Å²) >= 11 is 1.61. The van der Waals surface area contributed by atoms with Crippen LogP contribution in [0.25, 0.3) is 0 Å². The minimum atomic E-state index is -0.461. The van der Waals surface area contributed by atoms with E-state index in [4.69, 9.17) is 0 Å². The Hall–Kier alpha value is -2.80. The van der Waals surface area contributed by atoms with Crippen LogP contribution in [0.2, 0.25) is 0 Å². The van der Waals surface area contributed by atoms with E-state index in [1.807, 2.05) is 17.5 Å². The first-order chi connectivity index (χ1) is 12.5. The average molecular weight is 368 g/mol. The Bertz CT molecular complexity index is 933. The van der Waals surface area contributed by atoms with Crippen LogP contribution in [0.1, 0.15) is 41.5 Å². The maximum absolute atomic E-state index is 12.9. The van der Waals surface area contributed by atoms with E-state index in [9.17, 15) is 19.7 Å². The van der Waals surface area contributed by atoms with Gasteiger partial charge in [0.2, 0.25) is 5.91 Å². The molecule has 2 aliphatic rings. The highest BCUT2D eigenvalue weighted by molar-refractivity contribution is 7.10. The number of nitrogens with one attached hydrogen (secondary N) is 1. The summed E-state index contributed by atoms with van der Waals surface area (Å²) in [5, 5.41) is 15.9. The molecule has 0 saturated carbocycles. The highest BCUT2D eigenvalue weighted by Crippen LogP contribution is 2.43. The van der Waals surface area contributed by atoms with E-state index >= 15 is 0 Å². The van der Waals surface area contributed by atoms with Gasteiger partial charge in [0.15, 0.2) is 5.78 Å². The van der Waals surface area contributed by atoms with Gasteiger partial charge in [0.05, 0.1) is 4.92 Å². The zero-order valence-corrected chi connectivity index (χ0v) is 14.6. The minimum absolute atomic E-state index is 0.0150. The first-order valence-electron chi connectivity index (χ1n) is 8.36. The number of non-ortho nitro benzene ring substituents is 1. The molecule has 1 aromatic heterocycles. The van der Waals surface area contributed by atoms with Crippen LogP contribution < -0.4 is 5.32 Å². The van der Waals surface area contributed by atoms with Crippen molar-refractivity contribution in [2.24, 2.45) is 0 Å². The fourth-order valence-corrected chi connectivity index (χ4v) is 4.66. The Morgan fingerprint density at radius 3 is 2.69 bits per heavy atom. The van der Waals surface area contributed by atoms with E-state index in [-0.39, 0.29) is 29.7 Å². The van der Waals surface area contributed by atoms with Crippen molar-refractivity contribution in [2.45, 2.75) is 31.1 Å². The number of ketones is 1. The average Bonchev–Trinajstić information content (AvgIpc) is 3.15. The smallest absolute Gasteiger partial charge is 0.269 e. The Kier molecular flexibility index (Phi) is 4.16. The van der Waals surface area contributed by atoms with Crippen molar-refractivity contribution >= 4 is 28.7 Å². The molecule has 132 valence electrons. The molecule has 0 spiro atoms. The molecule has 1 aromatic carbocycles. The Labute approximate surface area is 153 Å². The van der Waals surface area contributed by atoms with Crippen LogP contribution in [-0.4, -0.2) is 16.6 Å². The number of allylic oxidation sites excluding steroid dienone is 2. The van der Waals surface area contributed by atoms with Gasteiger partial charge in [0, 0.05) is 53.0 Å². The summed E-state index contributed by atoms with van der Waals surface area (Å²) in [5.41, 5.74) is 1.89. The molecular formula is C19H16N2O4S. The molecule has 1 aliphatic heterocycles. The number of hydrogen-bond donors (Lipinski definition) is 1. The predicted molar refractivity (Wildman–Crippen MR) is 96.9 cm³/mol. The minimum Gasteiger partial charge on any atom is -0.329 e. The van der Waals surface area contributed by atoms with Crippen molar-refractivity contribution in [3.63, 3.8) is 0 Å². The maximum Gasteiger partial charge on any atom is 0.269 e. The van der Waals surface area contributed by atoms with Crippen molar-refractivity contribution in [1.29, 1.82) is 0 Å². The number of benzene rings is 1. The number of nitro benzene ring substituents is 1. The lowest BCUT2D eigenvalue weighted by molar-refractivity contribution is -0.384. The van der Waals surface area contributed by atoms with E-state index < -0.39 is 10.8 Å². The van der Waals surface area contributed by atoms with Gasteiger partial charge in [-0.2, -0.15) is 0 Å². The summed E-state index contributed by atoms with van der Waals surface area (Å²) in [4.78, 5) is 36.9. The molecule has 0 unspecified atom stereocenters. The van der Waals surface area contributed by atoms with E-state index in [1.54, 1.807) is 23.5 Å². The first kappa shape index (κ1) is 16.7. The third kappa shape index (κ3) is 2.94. The Morgan fingerprint density at radius 2 is 1.96 bits per heavy atom. The second kappa shape index (κ2) is 6.49. The van der Waals surface area contributed by atoms with Crippen LogP contribution in [0, 0.1) is 10.1 Å². The second-order valence-corrected chi connectivity index (χ2v) is 7.57. The lowest BCUT2D eigenvalue weighted by atomic mass is 9.74. The number of nitrogens with zero attached hydrogens (tertiary/aromatic N) is 1. The lowest BCUT2D eigenvalue weighted by Gasteiger charge is -2.34. The summed E-state index contributed by atoms with van der Waals surface area (Å²) in [6.45, 7) is 0. The molecule has 0 fully saturated rings. The van der Waals surface area contributed by atoms with Crippen molar-refractivity contribution < 1.29 is 14.5 Å². The molecule has 1 N–H and O–H groups in total. The molecule has 2 aromatic rings. The van der Waals surface area contributed by atoms with Crippen LogP contribution in [0.5, 0.6) is 0 Å². The molecular weight excluding hydrogens is 352 g/mol. The highest BCUT2D eigenvalue weighted by atomic mass is 32.1. The van der Waals surface area contributed by atoms with Gasteiger partial charge < -0.3 is 5.32 Å². The molecule has 1 aliphatic carbocycles. The first-order valence-corrected chi connectivity index (χ1v) is 9.24. The Morgan fingerprint density at radius 1 is 1.12 bits per heavy atom. The monoisotopic (exact) mass is 368 g/mol. The Balaban J connectivity index is 1.74. The van der Waals surface area contributed by atoms with Gasteiger partial charge in [-0.25, -0.2) is 0 Å². The van der Waals surface area contributed by atoms with Crippen LogP contribution in [0.3, 0.4) is 0 Å². The standard InChI is InChI=1S/C19H16N2O4S/c22-16-9-12(17-5-2-6-26-17)8-15-19(16)14(10-18(23)20-15)11-3-1-4-13(7-11)21(24)25/h1-7,12,14H,8-10H2,(H,20,23)/t12-,14-/m0/s1. The van der Waals surface area contributed by atoms with Crippen molar-refractivity contribution in [1.82, 2.24) is 5.32 Å². The second-order valence-electron chi connectivity index (χ2n) is 6.59. The normalized spacial score (nSPS) is 22.8. The van der Waals surface area contributed by atoms with Crippen LogP contribution >= 0.6 is 11.3 Å². The maximum atomic E-state index is 12.9. The topological polar surface area (TPSA) is 89.3 Å². The van der Waals surface area contributed by atoms with E-state index in [0.717, 1.165) is 4.88 Å². The fourth-order valence-electron chi connectivity index (χ4n) is 3.82. The molecule has 7 heteroatoms. The predicted octanol–water partition coefficient (Wildman–Crippen LogP) is 3.66. The molecule has 2 atom stereocenters. The number of hydrogen-bond acceptors (Lipinski definition) is 5. The molecule has 4 rings (SSSR count). The van der Waals surface area contributed by atoms with Crippen molar-refractivity contribution in [3.8, 4) is 0 Å². The van der Waals surface area contributed by atoms with Gasteiger partial charge in [-0.1, -0.05) is 18.2 Å². The van der Waals surface area contributed by atoms with Crippen LogP contribution in [-0.2, 0) is 9.59 Å². The van der Waals surface area contributed by atoms with Crippen LogP contribution in [0.15, 0.2) is 53.0 Å². The van der Waals surface area contributed by atoms with Gasteiger partial charge in [0.25, 0.3) is 5.69 Å². The number of Topliss-reactive ketones (excluding diaryl/α,β-unsaturated/α-hetero) is 1. The third-order valence-corrected chi connectivity index (χ3v) is 6.00. The summed E-state index contributed by atoms with van der Waals surface area (Å²) < 4.78 is 0.